The van der Waals surface area contributed by atoms with E-state index >= 15 is 0 Å². The van der Waals surface area contributed by atoms with Crippen LogP contribution in [0.3, 0.4) is 0 Å². The molecular formula is C27H16N2O3. The fourth-order valence-corrected chi connectivity index (χ4v) is 2.98. The minimum absolute atomic E-state index is 0.111. The molecule has 0 aromatic heterocycles. The van der Waals surface area contributed by atoms with Crippen LogP contribution in [-0.4, -0.2) is 5.78 Å². The van der Waals surface area contributed by atoms with Crippen molar-refractivity contribution in [3.63, 3.8) is 0 Å². The van der Waals surface area contributed by atoms with Crippen molar-refractivity contribution < 1.29 is 14.3 Å². The molecule has 152 valence electrons. The second-order valence-electron chi connectivity index (χ2n) is 6.85. The number of ether oxygens (including phenoxy) is 2. The number of hydrogen-bond donors (Lipinski definition) is 0. The van der Waals surface area contributed by atoms with E-state index in [-0.39, 0.29) is 5.78 Å². The lowest BCUT2D eigenvalue weighted by Crippen LogP contribution is -2.01. The second kappa shape index (κ2) is 9.30. The highest BCUT2D eigenvalue weighted by Crippen LogP contribution is 2.25. The molecule has 0 atom stereocenters. The Hall–Kier alpha value is -4.87. The SMILES string of the molecule is N#Cc1ccc(Oc2ccc(C(=O)c3ccc(Oc4ccc(C#N)cc4)cc3)cc2)cc1. The Labute approximate surface area is 185 Å². The molecule has 0 saturated carbocycles. The molecule has 32 heavy (non-hydrogen) atoms. The number of carbonyl (C=O) groups is 1. The van der Waals surface area contributed by atoms with Gasteiger partial charge in [-0.2, -0.15) is 10.5 Å². The van der Waals surface area contributed by atoms with Crippen molar-refractivity contribution in [2.45, 2.75) is 0 Å². The molecule has 0 amide bonds. The zero-order chi connectivity index (χ0) is 22.3. The lowest BCUT2D eigenvalue weighted by molar-refractivity contribution is 0.103. The Morgan fingerprint density at radius 3 is 1.06 bits per heavy atom. The summed E-state index contributed by atoms with van der Waals surface area (Å²) in [6.07, 6.45) is 0. The first-order valence-corrected chi connectivity index (χ1v) is 9.75. The second-order valence-corrected chi connectivity index (χ2v) is 6.85. The van der Waals surface area contributed by atoms with Crippen LogP contribution < -0.4 is 9.47 Å². The van der Waals surface area contributed by atoms with Crippen molar-refractivity contribution in [1.29, 1.82) is 10.5 Å². The molecule has 0 aliphatic rings. The highest BCUT2D eigenvalue weighted by molar-refractivity contribution is 6.09. The fourth-order valence-electron chi connectivity index (χ4n) is 2.98. The highest BCUT2D eigenvalue weighted by Gasteiger charge is 2.10. The topological polar surface area (TPSA) is 83.1 Å². The maximum absolute atomic E-state index is 12.8. The number of nitrogens with zero attached hydrogens (tertiary/aromatic N) is 2. The van der Waals surface area contributed by atoms with Gasteiger partial charge in [0, 0.05) is 11.1 Å². The zero-order valence-electron chi connectivity index (χ0n) is 16.9. The molecule has 0 unspecified atom stereocenters. The summed E-state index contributed by atoms with van der Waals surface area (Å²) in [7, 11) is 0. The minimum atomic E-state index is -0.111. The quantitative estimate of drug-likeness (QED) is 0.347. The summed E-state index contributed by atoms with van der Waals surface area (Å²) >= 11 is 0. The van der Waals surface area contributed by atoms with Crippen LogP contribution in [-0.2, 0) is 0 Å². The molecule has 0 aliphatic carbocycles. The third kappa shape index (κ3) is 4.81. The molecule has 0 radical (unpaired) electrons. The highest BCUT2D eigenvalue weighted by atomic mass is 16.5. The normalized spacial score (nSPS) is 9.94. The summed E-state index contributed by atoms with van der Waals surface area (Å²) in [5.41, 5.74) is 2.20. The average molecular weight is 416 g/mol. The Balaban J connectivity index is 1.40. The van der Waals surface area contributed by atoms with E-state index in [4.69, 9.17) is 20.0 Å². The lowest BCUT2D eigenvalue weighted by atomic mass is 10.0. The largest absolute Gasteiger partial charge is 0.457 e. The molecule has 0 aliphatic heterocycles. The van der Waals surface area contributed by atoms with Crippen molar-refractivity contribution in [2.75, 3.05) is 0 Å². The van der Waals surface area contributed by atoms with Gasteiger partial charge in [-0.05, 0) is 97.1 Å². The number of rotatable bonds is 6. The van der Waals surface area contributed by atoms with Gasteiger partial charge < -0.3 is 9.47 Å². The van der Waals surface area contributed by atoms with Crippen LogP contribution >= 0.6 is 0 Å². The van der Waals surface area contributed by atoms with Crippen molar-refractivity contribution in [1.82, 2.24) is 0 Å². The molecule has 4 aromatic rings. The van der Waals surface area contributed by atoms with Gasteiger partial charge in [0.25, 0.3) is 0 Å². The molecule has 0 heterocycles. The zero-order valence-corrected chi connectivity index (χ0v) is 16.9. The van der Waals surface area contributed by atoms with Crippen LogP contribution in [0.5, 0.6) is 23.0 Å². The monoisotopic (exact) mass is 416 g/mol. The number of benzene rings is 4. The van der Waals surface area contributed by atoms with E-state index in [1.54, 1.807) is 97.1 Å². The van der Waals surface area contributed by atoms with Gasteiger partial charge in [-0.15, -0.1) is 0 Å². The first-order chi connectivity index (χ1) is 15.6. The van der Waals surface area contributed by atoms with Crippen LogP contribution in [0.4, 0.5) is 0 Å². The molecule has 5 nitrogen and oxygen atoms in total. The molecule has 0 bridgehead atoms. The molecule has 4 rings (SSSR count). The Morgan fingerprint density at radius 1 is 0.500 bits per heavy atom. The van der Waals surface area contributed by atoms with Gasteiger partial charge in [0.1, 0.15) is 23.0 Å². The van der Waals surface area contributed by atoms with Gasteiger partial charge in [-0.3, -0.25) is 4.79 Å². The Kier molecular flexibility index (Phi) is 5.93. The summed E-state index contributed by atoms with van der Waals surface area (Å²) in [5, 5.41) is 17.7. The first kappa shape index (κ1) is 20.4. The molecule has 0 fully saturated rings. The molecule has 4 aromatic carbocycles. The molecular weight excluding hydrogens is 400 g/mol. The van der Waals surface area contributed by atoms with Crippen molar-refractivity contribution in [3.05, 3.63) is 119 Å². The van der Waals surface area contributed by atoms with Crippen LogP contribution in [0, 0.1) is 22.7 Å². The summed E-state index contributed by atoms with van der Waals surface area (Å²) < 4.78 is 11.5. The Morgan fingerprint density at radius 2 is 0.781 bits per heavy atom. The molecule has 0 saturated heterocycles. The van der Waals surface area contributed by atoms with E-state index in [2.05, 4.69) is 12.1 Å². The van der Waals surface area contributed by atoms with Crippen LogP contribution in [0.25, 0.3) is 0 Å². The summed E-state index contributed by atoms with van der Waals surface area (Å²) in [4.78, 5) is 12.8. The third-order valence-corrected chi connectivity index (χ3v) is 4.67. The smallest absolute Gasteiger partial charge is 0.193 e. The maximum atomic E-state index is 12.8. The summed E-state index contributed by atoms with van der Waals surface area (Å²) in [6.45, 7) is 0. The maximum Gasteiger partial charge on any atom is 0.193 e. The van der Waals surface area contributed by atoms with Gasteiger partial charge in [0.15, 0.2) is 5.78 Å². The van der Waals surface area contributed by atoms with Crippen LogP contribution in [0.2, 0.25) is 0 Å². The summed E-state index contributed by atoms with van der Waals surface area (Å²) in [6, 6.07) is 31.5. The van der Waals surface area contributed by atoms with E-state index in [1.807, 2.05) is 0 Å². The molecule has 5 heteroatoms. The Bertz CT molecular complexity index is 1210. The number of ketones is 1. The average Bonchev–Trinajstić information content (AvgIpc) is 2.85. The predicted octanol–water partition coefficient (Wildman–Crippen LogP) is 6.25. The van der Waals surface area contributed by atoms with Crippen LogP contribution in [0.1, 0.15) is 27.0 Å². The van der Waals surface area contributed by atoms with Crippen molar-refractivity contribution >= 4 is 5.78 Å². The van der Waals surface area contributed by atoms with Crippen molar-refractivity contribution in [3.8, 4) is 35.1 Å². The number of nitriles is 2. The third-order valence-electron chi connectivity index (χ3n) is 4.67. The van der Waals surface area contributed by atoms with Crippen LogP contribution in [0.15, 0.2) is 97.1 Å². The van der Waals surface area contributed by atoms with E-state index in [0.29, 0.717) is 45.3 Å². The predicted molar refractivity (Wildman–Crippen MR) is 119 cm³/mol. The number of carbonyl (C=O) groups excluding carboxylic acids is 1. The van der Waals surface area contributed by atoms with Gasteiger partial charge in [-0.1, -0.05) is 0 Å². The van der Waals surface area contributed by atoms with E-state index in [9.17, 15) is 4.79 Å². The standard InChI is InChI=1S/C27H16N2O3/c28-17-19-1-9-23(10-2-19)31-25-13-5-21(6-14-25)27(30)22-7-15-26(16-8-22)32-24-11-3-20(18-29)4-12-24/h1-16H. The summed E-state index contributed by atoms with van der Waals surface area (Å²) in [5.74, 6) is 2.30. The van der Waals surface area contributed by atoms with Gasteiger partial charge >= 0.3 is 0 Å². The first-order valence-electron chi connectivity index (χ1n) is 9.75. The molecule has 0 N–H and O–H groups in total. The molecule has 0 spiro atoms. The van der Waals surface area contributed by atoms with Gasteiger partial charge in [-0.25, -0.2) is 0 Å². The lowest BCUT2D eigenvalue weighted by Gasteiger charge is -2.08. The fraction of sp³-hybridized carbons (Fsp3) is 0. The van der Waals surface area contributed by atoms with E-state index in [0.717, 1.165) is 0 Å². The van der Waals surface area contributed by atoms with Gasteiger partial charge in [0.05, 0.1) is 23.3 Å². The van der Waals surface area contributed by atoms with Crippen molar-refractivity contribution in [2.24, 2.45) is 0 Å². The minimum Gasteiger partial charge on any atom is -0.457 e. The van der Waals surface area contributed by atoms with Gasteiger partial charge in [0.2, 0.25) is 0 Å². The number of hydrogen-bond acceptors (Lipinski definition) is 5. The van der Waals surface area contributed by atoms with E-state index < -0.39 is 0 Å². The van der Waals surface area contributed by atoms with E-state index in [1.165, 1.54) is 0 Å².